The quantitative estimate of drug-likeness (QED) is 0.575. The molecule has 0 bridgehead atoms. The van der Waals surface area contributed by atoms with Crippen molar-refractivity contribution in [2.45, 2.75) is 58.3 Å². The maximum atomic E-state index is 11.6. The summed E-state index contributed by atoms with van der Waals surface area (Å²) in [5.74, 6) is 1.43. The molecular formula is C13H20O. The van der Waals surface area contributed by atoms with Crippen molar-refractivity contribution in [1.82, 2.24) is 0 Å². The van der Waals surface area contributed by atoms with Gasteiger partial charge in [-0.15, -0.1) is 0 Å². The molecule has 14 heavy (non-hydrogen) atoms. The number of hydrogen-bond donors (Lipinski definition) is 0. The van der Waals surface area contributed by atoms with Gasteiger partial charge in [0.2, 0.25) is 0 Å². The van der Waals surface area contributed by atoms with Crippen LogP contribution in [0.5, 0.6) is 0 Å². The molecule has 78 valence electrons. The Morgan fingerprint density at radius 2 is 1.86 bits per heavy atom. The minimum atomic E-state index is 0.474. The summed E-state index contributed by atoms with van der Waals surface area (Å²) in [6, 6.07) is 0. The average Bonchev–Trinajstić information content (AvgIpc) is 2.54. The lowest BCUT2D eigenvalue weighted by molar-refractivity contribution is -0.127. The van der Waals surface area contributed by atoms with Crippen molar-refractivity contribution in [3.05, 3.63) is 0 Å². The van der Waals surface area contributed by atoms with E-state index in [9.17, 15) is 4.79 Å². The Morgan fingerprint density at radius 3 is 2.71 bits per heavy atom. The normalized spacial score (nSPS) is 51.8. The molecule has 3 atom stereocenters. The molecular weight excluding hydrogens is 172 g/mol. The maximum absolute atomic E-state index is 11.6. The molecule has 3 aliphatic rings. The highest BCUT2D eigenvalue weighted by Gasteiger charge is 2.61. The van der Waals surface area contributed by atoms with Crippen molar-refractivity contribution in [3.63, 3.8) is 0 Å². The molecule has 3 aliphatic carbocycles. The maximum Gasteiger partial charge on any atom is 0.133 e. The molecule has 0 aromatic rings. The summed E-state index contributed by atoms with van der Waals surface area (Å²) in [5.41, 5.74) is 1.09. The summed E-state index contributed by atoms with van der Waals surface area (Å²) >= 11 is 0. The van der Waals surface area contributed by atoms with E-state index in [1.54, 1.807) is 0 Å². The van der Waals surface area contributed by atoms with Crippen molar-refractivity contribution in [1.29, 1.82) is 0 Å². The minimum absolute atomic E-state index is 0.474. The molecule has 0 aliphatic heterocycles. The fraction of sp³-hybridized carbons (Fsp3) is 0.923. The first-order chi connectivity index (χ1) is 6.66. The van der Waals surface area contributed by atoms with E-state index in [0.29, 0.717) is 16.6 Å². The topological polar surface area (TPSA) is 17.1 Å². The molecule has 3 fully saturated rings. The Morgan fingerprint density at radius 1 is 1.14 bits per heavy atom. The van der Waals surface area contributed by atoms with Gasteiger partial charge in [0.25, 0.3) is 0 Å². The van der Waals surface area contributed by atoms with E-state index in [1.807, 2.05) is 0 Å². The van der Waals surface area contributed by atoms with E-state index < -0.39 is 0 Å². The molecule has 1 heteroatoms. The zero-order chi connectivity index (χ0) is 9.81. The summed E-state index contributed by atoms with van der Waals surface area (Å²) in [7, 11) is 0. The summed E-state index contributed by atoms with van der Waals surface area (Å²) in [6.07, 6.45) is 9.95. The van der Waals surface area contributed by atoms with Gasteiger partial charge >= 0.3 is 0 Å². The molecule has 0 saturated heterocycles. The van der Waals surface area contributed by atoms with Crippen molar-refractivity contribution in [2.24, 2.45) is 16.7 Å². The van der Waals surface area contributed by atoms with Gasteiger partial charge < -0.3 is 0 Å². The Balaban J connectivity index is 2.00. The third kappa shape index (κ3) is 0.936. The largest absolute Gasteiger partial charge is 0.300 e. The summed E-state index contributed by atoms with van der Waals surface area (Å²) in [6.45, 7) is 2.39. The molecule has 0 radical (unpaired) electrons. The molecule has 0 spiro atoms. The van der Waals surface area contributed by atoms with Crippen LogP contribution >= 0.6 is 0 Å². The molecule has 0 amide bonds. The molecule has 3 rings (SSSR count). The van der Waals surface area contributed by atoms with Crippen LogP contribution < -0.4 is 0 Å². The number of carbonyl (C=O) groups excluding carboxylic acids is 1. The highest BCUT2D eigenvalue weighted by Crippen LogP contribution is 2.69. The van der Waals surface area contributed by atoms with E-state index in [1.165, 1.54) is 38.5 Å². The molecule has 3 saturated carbocycles. The number of Topliss-reactive ketones (excluding diaryl/α,β-unsaturated/α-hetero) is 1. The second-order valence-electron chi connectivity index (χ2n) is 6.14. The lowest BCUT2D eigenvalue weighted by Gasteiger charge is -2.44. The van der Waals surface area contributed by atoms with Gasteiger partial charge in [0.1, 0.15) is 5.78 Å². The van der Waals surface area contributed by atoms with Crippen LogP contribution in [0.4, 0.5) is 0 Å². The van der Waals surface area contributed by atoms with E-state index in [2.05, 4.69) is 6.92 Å². The van der Waals surface area contributed by atoms with Gasteiger partial charge in [0.05, 0.1) is 0 Å². The standard InChI is InChI=1S/C13H20O/c1-10-7-12-4-2-5-13(12,8-10)9-11(14)3-6-12/h10H,2-9H2,1H3/t10?,12-,13-/m0/s1. The molecule has 0 N–H and O–H groups in total. The van der Waals surface area contributed by atoms with E-state index in [4.69, 9.17) is 0 Å². The summed E-state index contributed by atoms with van der Waals surface area (Å²) < 4.78 is 0. The van der Waals surface area contributed by atoms with Crippen molar-refractivity contribution < 1.29 is 4.79 Å². The van der Waals surface area contributed by atoms with E-state index in [0.717, 1.165) is 18.8 Å². The molecule has 0 aromatic carbocycles. The van der Waals surface area contributed by atoms with Gasteiger partial charge in [-0.05, 0) is 48.9 Å². The van der Waals surface area contributed by atoms with Gasteiger partial charge in [-0.25, -0.2) is 0 Å². The molecule has 0 aromatic heterocycles. The summed E-state index contributed by atoms with van der Waals surface area (Å²) in [5, 5.41) is 0. The zero-order valence-corrected chi connectivity index (χ0v) is 9.14. The van der Waals surface area contributed by atoms with E-state index >= 15 is 0 Å². The van der Waals surface area contributed by atoms with Gasteiger partial charge in [-0.3, -0.25) is 4.79 Å². The average molecular weight is 192 g/mol. The van der Waals surface area contributed by atoms with Crippen molar-refractivity contribution >= 4 is 5.78 Å². The monoisotopic (exact) mass is 192 g/mol. The van der Waals surface area contributed by atoms with Gasteiger partial charge in [0, 0.05) is 12.8 Å². The zero-order valence-electron chi connectivity index (χ0n) is 9.14. The first kappa shape index (κ1) is 8.94. The number of hydrogen-bond acceptors (Lipinski definition) is 1. The fourth-order valence-electron chi connectivity index (χ4n) is 5.02. The van der Waals surface area contributed by atoms with Crippen LogP contribution in [-0.2, 0) is 4.79 Å². The highest BCUT2D eigenvalue weighted by molar-refractivity contribution is 5.80. The molecule has 1 unspecified atom stereocenters. The van der Waals surface area contributed by atoms with Crippen molar-refractivity contribution in [2.75, 3.05) is 0 Å². The first-order valence-corrected chi connectivity index (χ1v) is 6.18. The van der Waals surface area contributed by atoms with Crippen LogP contribution in [-0.4, -0.2) is 5.78 Å². The smallest absolute Gasteiger partial charge is 0.133 e. The fourth-order valence-corrected chi connectivity index (χ4v) is 5.02. The lowest BCUT2D eigenvalue weighted by atomic mass is 9.59. The highest BCUT2D eigenvalue weighted by atomic mass is 16.1. The van der Waals surface area contributed by atoms with Gasteiger partial charge in [0.15, 0.2) is 0 Å². The Bertz CT molecular complexity index is 283. The minimum Gasteiger partial charge on any atom is -0.300 e. The van der Waals surface area contributed by atoms with Crippen LogP contribution in [0.25, 0.3) is 0 Å². The van der Waals surface area contributed by atoms with Crippen LogP contribution in [0.15, 0.2) is 0 Å². The first-order valence-electron chi connectivity index (χ1n) is 6.18. The molecule has 1 nitrogen and oxygen atoms in total. The third-order valence-electron chi connectivity index (χ3n) is 5.33. The SMILES string of the molecule is CC1C[C@@]23CCC[C@@]2(CC(=O)CC3)C1. The predicted molar refractivity (Wildman–Crippen MR) is 56.0 cm³/mol. The van der Waals surface area contributed by atoms with E-state index in [-0.39, 0.29) is 0 Å². The van der Waals surface area contributed by atoms with Crippen LogP contribution in [0, 0.1) is 16.7 Å². The molecule has 0 heterocycles. The lowest BCUT2D eigenvalue weighted by Crippen LogP contribution is -2.39. The van der Waals surface area contributed by atoms with Crippen LogP contribution in [0.3, 0.4) is 0 Å². The Kier molecular flexibility index (Phi) is 1.67. The Hall–Kier alpha value is -0.330. The van der Waals surface area contributed by atoms with Crippen LogP contribution in [0.1, 0.15) is 58.3 Å². The predicted octanol–water partition coefficient (Wildman–Crippen LogP) is 3.33. The second-order valence-corrected chi connectivity index (χ2v) is 6.14. The Labute approximate surface area is 86.3 Å². The van der Waals surface area contributed by atoms with Gasteiger partial charge in [-0.2, -0.15) is 0 Å². The van der Waals surface area contributed by atoms with Crippen molar-refractivity contribution in [3.8, 4) is 0 Å². The number of rotatable bonds is 0. The van der Waals surface area contributed by atoms with Gasteiger partial charge in [-0.1, -0.05) is 13.3 Å². The second kappa shape index (κ2) is 2.62. The van der Waals surface area contributed by atoms with Crippen LogP contribution in [0.2, 0.25) is 0 Å². The summed E-state index contributed by atoms with van der Waals surface area (Å²) in [4.78, 5) is 11.6. The number of ketones is 1. The third-order valence-corrected chi connectivity index (χ3v) is 5.33. The number of carbonyl (C=O) groups is 1.